The highest BCUT2D eigenvalue weighted by atomic mass is 35.5. The predicted molar refractivity (Wildman–Crippen MR) is 119 cm³/mol. The van der Waals surface area contributed by atoms with Crippen molar-refractivity contribution in [2.75, 3.05) is 6.61 Å². The van der Waals surface area contributed by atoms with Gasteiger partial charge in [-0.1, -0.05) is 46.4 Å². The fraction of sp³-hybridized carbons (Fsp3) is 0.238. The molecule has 0 bridgehead atoms. The Labute approximate surface area is 189 Å². The van der Waals surface area contributed by atoms with Crippen LogP contribution in [-0.2, 0) is 4.74 Å². The molecule has 152 valence electrons. The molecule has 0 spiro atoms. The van der Waals surface area contributed by atoms with Crippen molar-refractivity contribution in [3.8, 4) is 16.9 Å². The Bertz CT molecular complexity index is 1080. The summed E-state index contributed by atoms with van der Waals surface area (Å²) in [4.78, 5) is 12.5. The van der Waals surface area contributed by atoms with Crippen molar-refractivity contribution in [2.24, 2.45) is 0 Å². The fourth-order valence-electron chi connectivity index (χ4n) is 3.37. The number of hydrogen-bond acceptors (Lipinski definition) is 3. The van der Waals surface area contributed by atoms with Gasteiger partial charge in [0.2, 0.25) is 0 Å². The zero-order valence-electron chi connectivity index (χ0n) is 16.2. The molecule has 0 aliphatic rings. The first kappa shape index (κ1) is 22.0. The summed E-state index contributed by atoms with van der Waals surface area (Å²) < 4.78 is 6.76. The summed E-state index contributed by atoms with van der Waals surface area (Å²) >= 11 is 25.2. The highest BCUT2D eigenvalue weighted by Gasteiger charge is 2.27. The van der Waals surface area contributed by atoms with E-state index in [1.807, 2.05) is 32.9 Å². The molecule has 0 fully saturated rings. The van der Waals surface area contributed by atoms with Gasteiger partial charge in [-0.25, -0.2) is 9.48 Å². The van der Waals surface area contributed by atoms with Crippen LogP contribution in [0.25, 0.3) is 16.9 Å². The van der Waals surface area contributed by atoms with Gasteiger partial charge in [-0.15, -0.1) is 0 Å². The molecule has 0 saturated carbocycles. The molecule has 3 aromatic rings. The summed E-state index contributed by atoms with van der Waals surface area (Å²) in [6.07, 6.45) is 0. The average Bonchev–Trinajstić information content (AvgIpc) is 2.91. The first-order valence-corrected chi connectivity index (χ1v) is 10.4. The zero-order valence-corrected chi connectivity index (χ0v) is 19.3. The third-order valence-corrected chi connectivity index (χ3v) is 5.53. The maximum absolute atomic E-state index is 12.5. The van der Waals surface area contributed by atoms with Gasteiger partial charge in [0.15, 0.2) is 5.69 Å². The normalized spacial score (nSPS) is 11.0. The minimum atomic E-state index is -0.518. The Kier molecular flexibility index (Phi) is 6.49. The number of ether oxygens (including phenoxy) is 1. The fourth-order valence-corrected chi connectivity index (χ4v) is 4.67. The van der Waals surface area contributed by atoms with Gasteiger partial charge in [0.25, 0.3) is 0 Å². The number of aryl methyl sites for hydroxylation is 2. The van der Waals surface area contributed by atoms with Crippen molar-refractivity contribution in [1.29, 1.82) is 0 Å². The van der Waals surface area contributed by atoms with Crippen LogP contribution in [-0.4, -0.2) is 22.4 Å². The molecule has 1 heterocycles. The number of hydrogen-bond donors (Lipinski definition) is 0. The Morgan fingerprint density at radius 1 is 0.966 bits per heavy atom. The summed E-state index contributed by atoms with van der Waals surface area (Å²) in [5.41, 5.74) is 4.70. The monoisotopic (exact) mass is 470 g/mol. The Morgan fingerprint density at radius 3 is 2.00 bits per heavy atom. The summed E-state index contributed by atoms with van der Waals surface area (Å²) in [5, 5.41) is 6.18. The topological polar surface area (TPSA) is 44.1 Å². The molecular formula is C21H18Cl4N2O2. The summed E-state index contributed by atoms with van der Waals surface area (Å²) in [6.45, 7) is 7.68. The quantitative estimate of drug-likeness (QED) is 0.376. The summed E-state index contributed by atoms with van der Waals surface area (Å²) in [7, 11) is 0. The highest BCUT2D eigenvalue weighted by Crippen LogP contribution is 2.39. The smallest absolute Gasteiger partial charge is 0.359 e. The van der Waals surface area contributed by atoms with Gasteiger partial charge in [-0.3, -0.25) is 0 Å². The Hall–Kier alpha value is -1.72. The number of carbonyl (C=O) groups excluding carboxylic acids is 1. The molecule has 0 N–H and O–H groups in total. The van der Waals surface area contributed by atoms with E-state index in [1.165, 1.54) is 0 Å². The summed E-state index contributed by atoms with van der Waals surface area (Å²) in [6, 6.07) is 6.87. The summed E-state index contributed by atoms with van der Waals surface area (Å²) in [5.74, 6) is -0.518. The molecule has 0 amide bonds. The number of esters is 1. The van der Waals surface area contributed by atoms with E-state index in [0.29, 0.717) is 37.0 Å². The van der Waals surface area contributed by atoms with Crippen LogP contribution >= 0.6 is 46.4 Å². The molecule has 0 unspecified atom stereocenters. The van der Waals surface area contributed by atoms with E-state index in [0.717, 1.165) is 16.7 Å². The first-order valence-electron chi connectivity index (χ1n) is 8.84. The second kappa shape index (κ2) is 8.57. The molecule has 29 heavy (non-hydrogen) atoms. The SMILES string of the molecule is CCOC(=O)c1nn(-c2c(Cl)cc(Cl)cc2Cl)c(-c2c(C)cc(Cl)cc2C)c1C. The van der Waals surface area contributed by atoms with E-state index < -0.39 is 5.97 Å². The van der Waals surface area contributed by atoms with E-state index in [1.54, 1.807) is 23.7 Å². The van der Waals surface area contributed by atoms with Gasteiger partial charge in [0, 0.05) is 21.2 Å². The highest BCUT2D eigenvalue weighted by molar-refractivity contribution is 6.40. The van der Waals surface area contributed by atoms with Gasteiger partial charge < -0.3 is 4.74 Å². The van der Waals surface area contributed by atoms with Crippen LogP contribution in [0.2, 0.25) is 20.1 Å². The van der Waals surface area contributed by atoms with Crippen LogP contribution in [0.5, 0.6) is 0 Å². The van der Waals surface area contributed by atoms with Gasteiger partial charge in [-0.05, 0) is 63.1 Å². The number of carbonyl (C=O) groups is 1. The van der Waals surface area contributed by atoms with Gasteiger partial charge in [0.1, 0.15) is 5.69 Å². The van der Waals surface area contributed by atoms with Crippen molar-refractivity contribution >= 4 is 52.4 Å². The molecule has 8 heteroatoms. The molecule has 0 saturated heterocycles. The minimum absolute atomic E-state index is 0.192. The molecule has 0 aliphatic carbocycles. The minimum Gasteiger partial charge on any atom is -0.461 e. The third kappa shape index (κ3) is 4.13. The van der Waals surface area contributed by atoms with Crippen LogP contribution in [0.1, 0.15) is 34.1 Å². The third-order valence-electron chi connectivity index (χ3n) is 4.52. The van der Waals surface area contributed by atoms with Gasteiger partial charge in [-0.2, -0.15) is 5.10 Å². The largest absolute Gasteiger partial charge is 0.461 e. The van der Waals surface area contributed by atoms with E-state index in [-0.39, 0.29) is 12.3 Å². The Morgan fingerprint density at radius 2 is 1.48 bits per heavy atom. The lowest BCUT2D eigenvalue weighted by molar-refractivity contribution is 0.0518. The van der Waals surface area contributed by atoms with Crippen LogP contribution in [0.3, 0.4) is 0 Å². The molecule has 0 aliphatic heterocycles. The Balaban J connectivity index is 2.41. The molecular weight excluding hydrogens is 454 g/mol. The maximum atomic E-state index is 12.5. The number of nitrogens with zero attached hydrogens (tertiary/aromatic N) is 2. The molecule has 0 atom stereocenters. The standard InChI is InChI=1S/C21H18Cl4N2O2/c1-5-29-21(28)18-12(4)19(17-10(2)6-13(22)7-11(17)3)27(26-18)20-15(24)8-14(23)9-16(20)25/h6-9H,5H2,1-4H3. The second-order valence-electron chi connectivity index (χ2n) is 6.59. The van der Waals surface area contributed by atoms with Crippen molar-refractivity contribution in [1.82, 2.24) is 9.78 Å². The van der Waals surface area contributed by atoms with Crippen molar-refractivity contribution < 1.29 is 9.53 Å². The first-order chi connectivity index (χ1) is 13.6. The van der Waals surface area contributed by atoms with Crippen LogP contribution < -0.4 is 0 Å². The van der Waals surface area contributed by atoms with Crippen molar-refractivity contribution in [3.63, 3.8) is 0 Å². The van der Waals surface area contributed by atoms with Crippen LogP contribution in [0.4, 0.5) is 0 Å². The molecule has 2 aromatic carbocycles. The van der Waals surface area contributed by atoms with Crippen molar-refractivity contribution in [3.05, 3.63) is 66.7 Å². The number of halogens is 4. The van der Waals surface area contributed by atoms with E-state index in [4.69, 9.17) is 51.1 Å². The van der Waals surface area contributed by atoms with Crippen LogP contribution in [0.15, 0.2) is 24.3 Å². The van der Waals surface area contributed by atoms with Crippen molar-refractivity contribution in [2.45, 2.75) is 27.7 Å². The molecule has 1 aromatic heterocycles. The molecule has 4 nitrogen and oxygen atoms in total. The van der Waals surface area contributed by atoms with E-state index in [2.05, 4.69) is 5.10 Å². The lowest BCUT2D eigenvalue weighted by atomic mass is 9.96. The second-order valence-corrected chi connectivity index (χ2v) is 8.27. The lowest BCUT2D eigenvalue weighted by Crippen LogP contribution is -2.08. The number of rotatable bonds is 4. The molecule has 0 radical (unpaired) electrons. The predicted octanol–water partition coefficient (Wildman–Crippen LogP) is 7.25. The number of aromatic nitrogens is 2. The molecule has 3 rings (SSSR count). The maximum Gasteiger partial charge on any atom is 0.359 e. The van der Waals surface area contributed by atoms with Gasteiger partial charge >= 0.3 is 5.97 Å². The zero-order chi connectivity index (χ0) is 21.5. The average molecular weight is 472 g/mol. The number of benzene rings is 2. The van der Waals surface area contributed by atoms with Crippen LogP contribution in [0, 0.1) is 20.8 Å². The van der Waals surface area contributed by atoms with Gasteiger partial charge in [0.05, 0.1) is 22.3 Å². The van der Waals surface area contributed by atoms with E-state index >= 15 is 0 Å². The van der Waals surface area contributed by atoms with E-state index in [9.17, 15) is 4.79 Å². The lowest BCUT2D eigenvalue weighted by Gasteiger charge is -2.16.